The summed E-state index contributed by atoms with van der Waals surface area (Å²) < 4.78 is 0. The second kappa shape index (κ2) is 9.05. The van der Waals surface area contributed by atoms with E-state index in [0.717, 1.165) is 0 Å². The largest absolute Gasteiger partial charge is 0.355 e. The minimum atomic E-state index is -0.0257. The van der Waals surface area contributed by atoms with Gasteiger partial charge in [0.15, 0.2) is 0 Å². The van der Waals surface area contributed by atoms with E-state index < -0.39 is 0 Å². The molecule has 0 spiro atoms. The summed E-state index contributed by atoms with van der Waals surface area (Å²) in [6.45, 7) is 3.96. The molecule has 4 nitrogen and oxygen atoms in total. The van der Waals surface area contributed by atoms with E-state index in [1.807, 2.05) is 23.1 Å². The average molecular weight is 385 g/mol. The standard InChI is InChI=1S/C22H25ClN2O2/c1-16(17-5-3-2-4-6-17)15-24-21(26)18-11-13-25(14-12-18)22(27)19-7-9-20(23)10-8-19/h2-10,16,18H,11-15H2,1H3,(H,24,26)/t16-/m0/s1. The highest BCUT2D eigenvalue weighted by molar-refractivity contribution is 6.30. The molecule has 2 aromatic carbocycles. The summed E-state index contributed by atoms with van der Waals surface area (Å²) in [4.78, 5) is 26.8. The number of carbonyl (C=O) groups is 2. The molecule has 1 aliphatic heterocycles. The molecule has 27 heavy (non-hydrogen) atoms. The minimum absolute atomic E-state index is 0.00299. The fourth-order valence-corrected chi connectivity index (χ4v) is 3.54. The lowest BCUT2D eigenvalue weighted by Crippen LogP contribution is -2.43. The van der Waals surface area contributed by atoms with E-state index in [2.05, 4.69) is 24.4 Å². The smallest absolute Gasteiger partial charge is 0.253 e. The molecule has 1 saturated heterocycles. The van der Waals surface area contributed by atoms with Gasteiger partial charge in [-0.25, -0.2) is 0 Å². The van der Waals surface area contributed by atoms with Crippen LogP contribution in [-0.4, -0.2) is 36.3 Å². The maximum Gasteiger partial charge on any atom is 0.253 e. The molecular weight excluding hydrogens is 360 g/mol. The summed E-state index contributed by atoms with van der Waals surface area (Å²) in [6.07, 6.45) is 1.40. The number of piperidine rings is 1. The van der Waals surface area contributed by atoms with E-state index in [4.69, 9.17) is 11.6 Å². The van der Waals surface area contributed by atoms with Crippen LogP contribution >= 0.6 is 11.6 Å². The van der Waals surface area contributed by atoms with Gasteiger partial charge in [0.1, 0.15) is 0 Å². The molecular formula is C22H25ClN2O2. The van der Waals surface area contributed by atoms with Crippen molar-refractivity contribution in [3.63, 3.8) is 0 Å². The molecule has 5 heteroatoms. The Hall–Kier alpha value is -2.33. The van der Waals surface area contributed by atoms with Crippen LogP contribution in [0.4, 0.5) is 0 Å². The van der Waals surface area contributed by atoms with E-state index in [1.54, 1.807) is 24.3 Å². The van der Waals surface area contributed by atoms with Gasteiger partial charge in [-0.15, -0.1) is 0 Å². The zero-order valence-electron chi connectivity index (χ0n) is 15.5. The Morgan fingerprint density at radius 1 is 1.07 bits per heavy atom. The van der Waals surface area contributed by atoms with Crippen LogP contribution in [-0.2, 0) is 4.79 Å². The van der Waals surface area contributed by atoms with E-state index in [9.17, 15) is 9.59 Å². The number of benzene rings is 2. The van der Waals surface area contributed by atoms with E-state index in [0.29, 0.717) is 43.1 Å². The van der Waals surface area contributed by atoms with Crippen molar-refractivity contribution in [2.24, 2.45) is 5.92 Å². The van der Waals surface area contributed by atoms with Crippen LogP contribution in [0, 0.1) is 5.92 Å². The molecule has 1 heterocycles. The number of amides is 2. The summed E-state index contributed by atoms with van der Waals surface area (Å²) in [6, 6.07) is 17.1. The van der Waals surface area contributed by atoms with Crippen LogP contribution < -0.4 is 5.32 Å². The Morgan fingerprint density at radius 2 is 1.70 bits per heavy atom. The van der Waals surface area contributed by atoms with Gasteiger partial charge in [-0.1, -0.05) is 48.9 Å². The molecule has 1 N–H and O–H groups in total. The Morgan fingerprint density at radius 3 is 2.33 bits per heavy atom. The number of halogens is 1. The van der Waals surface area contributed by atoms with Crippen LogP contribution in [0.3, 0.4) is 0 Å². The van der Waals surface area contributed by atoms with E-state index in [1.165, 1.54) is 5.56 Å². The third-order valence-electron chi connectivity index (χ3n) is 5.20. The van der Waals surface area contributed by atoms with Crippen LogP contribution in [0.2, 0.25) is 5.02 Å². The Balaban J connectivity index is 1.46. The molecule has 2 amide bonds. The summed E-state index contributed by atoms with van der Waals surface area (Å²) in [5, 5.41) is 3.69. The monoisotopic (exact) mass is 384 g/mol. The lowest BCUT2D eigenvalue weighted by atomic mass is 9.94. The SMILES string of the molecule is C[C@@H](CNC(=O)C1CCN(C(=O)c2ccc(Cl)cc2)CC1)c1ccccc1. The highest BCUT2D eigenvalue weighted by Gasteiger charge is 2.27. The Kier molecular flexibility index (Phi) is 6.51. The van der Waals surface area contributed by atoms with Crippen molar-refractivity contribution in [3.05, 3.63) is 70.7 Å². The fourth-order valence-electron chi connectivity index (χ4n) is 3.42. The molecule has 0 aliphatic carbocycles. The van der Waals surface area contributed by atoms with Crippen molar-refractivity contribution in [1.82, 2.24) is 10.2 Å². The normalized spacial score (nSPS) is 16.0. The van der Waals surface area contributed by atoms with Crippen LogP contribution in [0.15, 0.2) is 54.6 Å². The summed E-state index contributed by atoms with van der Waals surface area (Å²) in [5.41, 5.74) is 1.86. The minimum Gasteiger partial charge on any atom is -0.355 e. The fraction of sp³-hybridized carbons (Fsp3) is 0.364. The third kappa shape index (κ3) is 5.10. The predicted octanol–water partition coefficient (Wildman–Crippen LogP) is 4.11. The van der Waals surface area contributed by atoms with Crippen LogP contribution in [0.1, 0.15) is 41.6 Å². The Bertz CT molecular complexity index is 769. The number of nitrogens with zero attached hydrogens (tertiary/aromatic N) is 1. The molecule has 142 valence electrons. The quantitative estimate of drug-likeness (QED) is 0.843. The van der Waals surface area contributed by atoms with Gasteiger partial charge in [0.25, 0.3) is 5.91 Å². The first kappa shape index (κ1) is 19.4. The molecule has 0 aromatic heterocycles. The van der Waals surface area contributed by atoms with Crippen molar-refractivity contribution in [2.45, 2.75) is 25.7 Å². The van der Waals surface area contributed by atoms with Crippen molar-refractivity contribution in [3.8, 4) is 0 Å². The number of hydrogen-bond acceptors (Lipinski definition) is 2. The van der Waals surface area contributed by atoms with E-state index >= 15 is 0 Å². The number of hydrogen-bond donors (Lipinski definition) is 1. The molecule has 1 fully saturated rings. The first-order chi connectivity index (χ1) is 13.0. The van der Waals surface area contributed by atoms with E-state index in [-0.39, 0.29) is 23.7 Å². The number of rotatable bonds is 5. The van der Waals surface area contributed by atoms with Crippen molar-refractivity contribution in [1.29, 1.82) is 0 Å². The van der Waals surface area contributed by atoms with Crippen molar-refractivity contribution >= 4 is 23.4 Å². The Labute approximate surface area is 165 Å². The summed E-state index contributed by atoms with van der Waals surface area (Å²) in [7, 11) is 0. The predicted molar refractivity (Wildman–Crippen MR) is 108 cm³/mol. The molecule has 0 bridgehead atoms. The first-order valence-electron chi connectivity index (χ1n) is 9.42. The summed E-state index contributed by atoms with van der Waals surface area (Å²) >= 11 is 5.88. The molecule has 0 radical (unpaired) electrons. The first-order valence-corrected chi connectivity index (χ1v) is 9.80. The van der Waals surface area contributed by atoms with Gasteiger partial charge in [-0.05, 0) is 48.6 Å². The molecule has 0 unspecified atom stereocenters. The highest BCUT2D eigenvalue weighted by atomic mass is 35.5. The molecule has 2 aromatic rings. The van der Waals surface area contributed by atoms with Gasteiger partial charge in [0.2, 0.25) is 5.91 Å². The lowest BCUT2D eigenvalue weighted by Gasteiger charge is -2.31. The second-order valence-corrected chi connectivity index (χ2v) is 7.57. The van der Waals surface area contributed by atoms with Crippen molar-refractivity contribution in [2.75, 3.05) is 19.6 Å². The van der Waals surface area contributed by atoms with Gasteiger partial charge in [-0.2, -0.15) is 0 Å². The van der Waals surface area contributed by atoms with Gasteiger partial charge < -0.3 is 10.2 Å². The third-order valence-corrected chi connectivity index (χ3v) is 5.45. The second-order valence-electron chi connectivity index (χ2n) is 7.13. The maximum atomic E-state index is 12.5. The van der Waals surface area contributed by atoms with Gasteiger partial charge in [-0.3, -0.25) is 9.59 Å². The maximum absolute atomic E-state index is 12.5. The van der Waals surface area contributed by atoms with Crippen LogP contribution in [0.5, 0.6) is 0 Å². The number of likely N-dealkylation sites (tertiary alicyclic amines) is 1. The zero-order valence-corrected chi connectivity index (χ0v) is 16.3. The van der Waals surface area contributed by atoms with Gasteiger partial charge >= 0.3 is 0 Å². The topological polar surface area (TPSA) is 49.4 Å². The number of nitrogens with one attached hydrogen (secondary N) is 1. The van der Waals surface area contributed by atoms with Crippen LogP contribution in [0.25, 0.3) is 0 Å². The van der Waals surface area contributed by atoms with Gasteiger partial charge in [0, 0.05) is 36.1 Å². The average Bonchev–Trinajstić information content (AvgIpc) is 2.72. The van der Waals surface area contributed by atoms with Gasteiger partial charge in [0.05, 0.1) is 0 Å². The molecule has 3 rings (SSSR count). The number of carbonyl (C=O) groups excluding carboxylic acids is 2. The van der Waals surface area contributed by atoms with Crippen molar-refractivity contribution < 1.29 is 9.59 Å². The molecule has 1 aliphatic rings. The summed E-state index contributed by atoms with van der Waals surface area (Å²) in [5.74, 6) is 0.351. The highest BCUT2D eigenvalue weighted by Crippen LogP contribution is 2.21. The molecule has 0 saturated carbocycles. The zero-order chi connectivity index (χ0) is 19.2. The lowest BCUT2D eigenvalue weighted by molar-refractivity contribution is -0.126. The molecule has 1 atom stereocenters.